The molecule has 19 heavy (non-hydrogen) atoms. The summed E-state index contributed by atoms with van der Waals surface area (Å²) in [5.74, 6) is -0.925. The van der Waals surface area contributed by atoms with Gasteiger partial charge in [0.1, 0.15) is 32.7 Å². The van der Waals surface area contributed by atoms with Crippen LogP contribution in [0.2, 0.25) is 0 Å². The molecule has 0 saturated heterocycles. The number of nitrogens with zero attached hydrogens (tertiary/aromatic N) is 2. The van der Waals surface area contributed by atoms with Gasteiger partial charge >= 0.3 is 0 Å². The van der Waals surface area contributed by atoms with E-state index in [1.807, 2.05) is 0 Å². The molecule has 0 aromatic carbocycles. The Labute approximate surface area is 119 Å². The molecule has 0 amide bonds. The summed E-state index contributed by atoms with van der Waals surface area (Å²) in [6.45, 7) is 2.98. The first-order chi connectivity index (χ1) is 8.65. The average molecular weight is 350 g/mol. The molecule has 1 aromatic heterocycles. The van der Waals surface area contributed by atoms with E-state index in [9.17, 15) is 12.8 Å². The molecule has 104 valence electrons. The topological polar surface area (TPSA) is 85.4 Å². The highest BCUT2D eigenvalue weighted by Gasteiger charge is 2.44. The summed E-state index contributed by atoms with van der Waals surface area (Å²) in [5.41, 5.74) is 5.70. The molecule has 1 atom stereocenters. The summed E-state index contributed by atoms with van der Waals surface area (Å²) in [6, 6.07) is 1.74. The van der Waals surface area contributed by atoms with E-state index in [1.165, 1.54) is 26.0 Å². The zero-order valence-corrected chi connectivity index (χ0v) is 12.8. The second kappa shape index (κ2) is 4.52. The lowest BCUT2D eigenvalue weighted by atomic mass is 10.1. The maximum absolute atomic E-state index is 13.7. The number of hydrogen-bond acceptors (Lipinski definition) is 5. The van der Waals surface area contributed by atoms with Gasteiger partial charge in [-0.2, -0.15) is 0 Å². The third kappa shape index (κ3) is 2.38. The van der Waals surface area contributed by atoms with Crippen LogP contribution in [0, 0.1) is 5.82 Å². The van der Waals surface area contributed by atoms with Gasteiger partial charge in [-0.25, -0.2) is 17.8 Å². The highest BCUT2D eigenvalue weighted by Crippen LogP contribution is 2.32. The van der Waals surface area contributed by atoms with Gasteiger partial charge in [-0.1, -0.05) is 0 Å². The highest BCUT2D eigenvalue weighted by atomic mass is 79.9. The lowest BCUT2D eigenvalue weighted by Gasteiger charge is -2.31. The smallest absolute Gasteiger partial charge is 0.165 e. The highest BCUT2D eigenvalue weighted by molar-refractivity contribution is 9.10. The third-order valence-electron chi connectivity index (χ3n) is 3.22. The molecule has 0 spiro atoms. The van der Waals surface area contributed by atoms with E-state index >= 15 is 0 Å². The SMILES string of the molecule is CC1(C)C(N)=NC(c2nc(Br)ccc2F)CS1(=O)=O. The van der Waals surface area contributed by atoms with Crippen molar-refractivity contribution in [3.63, 3.8) is 0 Å². The summed E-state index contributed by atoms with van der Waals surface area (Å²) < 4.78 is 37.3. The first kappa shape index (κ1) is 14.4. The zero-order chi connectivity index (χ0) is 14.4. The number of halogens is 2. The zero-order valence-electron chi connectivity index (χ0n) is 10.4. The number of amidine groups is 1. The van der Waals surface area contributed by atoms with Gasteiger partial charge < -0.3 is 5.73 Å². The van der Waals surface area contributed by atoms with Crippen molar-refractivity contribution in [2.24, 2.45) is 10.7 Å². The van der Waals surface area contributed by atoms with E-state index in [1.54, 1.807) is 0 Å². The number of pyridine rings is 1. The molecule has 2 heterocycles. The van der Waals surface area contributed by atoms with E-state index in [0.29, 0.717) is 4.60 Å². The molecule has 0 saturated carbocycles. The Hall–Kier alpha value is -1.02. The van der Waals surface area contributed by atoms with Crippen LogP contribution in [-0.4, -0.2) is 29.7 Å². The first-order valence-electron chi connectivity index (χ1n) is 5.53. The number of sulfone groups is 1. The fraction of sp³-hybridized carbons (Fsp3) is 0.455. The number of hydrogen-bond donors (Lipinski definition) is 1. The maximum atomic E-state index is 13.7. The van der Waals surface area contributed by atoms with Crippen molar-refractivity contribution in [1.82, 2.24) is 4.98 Å². The molecule has 5 nitrogen and oxygen atoms in total. The first-order valence-corrected chi connectivity index (χ1v) is 7.97. The summed E-state index contributed by atoms with van der Waals surface area (Å²) in [4.78, 5) is 8.05. The molecule has 1 aliphatic rings. The summed E-state index contributed by atoms with van der Waals surface area (Å²) in [5, 5.41) is 0. The van der Waals surface area contributed by atoms with Crippen LogP contribution in [0.3, 0.4) is 0 Å². The lowest BCUT2D eigenvalue weighted by molar-refractivity contribution is 0.544. The van der Waals surface area contributed by atoms with Crippen LogP contribution in [0.5, 0.6) is 0 Å². The Kier molecular flexibility index (Phi) is 3.42. The van der Waals surface area contributed by atoms with E-state index in [-0.39, 0.29) is 17.3 Å². The molecule has 2 rings (SSSR count). The third-order valence-corrected chi connectivity index (χ3v) is 6.18. The number of aliphatic imine (C=N–C) groups is 1. The van der Waals surface area contributed by atoms with Crippen molar-refractivity contribution in [1.29, 1.82) is 0 Å². The molecule has 0 fully saturated rings. The molecule has 1 aromatic rings. The number of rotatable bonds is 1. The van der Waals surface area contributed by atoms with Gasteiger partial charge in [-0.15, -0.1) is 0 Å². The predicted octanol–water partition coefficient (Wildman–Crippen LogP) is 1.59. The van der Waals surface area contributed by atoms with Crippen molar-refractivity contribution >= 4 is 31.6 Å². The minimum absolute atomic E-state index is 0.0172. The van der Waals surface area contributed by atoms with Crippen LogP contribution >= 0.6 is 15.9 Å². The largest absolute Gasteiger partial charge is 0.386 e. The normalized spacial score (nSPS) is 24.8. The predicted molar refractivity (Wildman–Crippen MR) is 74.1 cm³/mol. The van der Waals surface area contributed by atoms with E-state index in [4.69, 9.17) is 5.73 Å². The van der Waals surface area contributed by atoms with Crippen molar-refractivity contribution in [2.45, 2.75) is 24.6 Å². The number of aromatic nitrogens is 1. The molecule has 0 bridgehead atoms. The summed E-state index contributed by atoms with van der Waals surface area (Å²) in [6.07, 6.45) is 0. The maximum Gasteiger partial charge on any atom is 0.165 e. The molecule has 1 aliphatic heterocycles. The summed E-state index contributed by atoms with van der Waals surface area (Å²) >= 11 is 3.12. The van der Waals surface area contributed by atoms with E-state index in [0.717, 1.165) is 0 Å². The molecule has 0 aliphatic carbocycles. The quantitative estimate of drug-likeness (QED) is 0.780. The second-order valence-corrected chi connectivity index (χ2v) is 8.22. The van der Waals surface area contributed by atoms with Crippen molar-refractivity contribution in [3.05, 3.63) is 28.2 Å². The van der Waals surface area contributed by atoms with E-state index < -0.39 is 26.4 Å². The van der Waals surface area contributed by atoms with Gasteiger partial charge in [0.15, 0.2) is 9.84 Å². The monoisotopic (exact) mass is 349 g/mol. The summed E-state index contributed by atoms with van der Waals surface area (Å²) in [7, 11) is -3.51. The van der Waals surface area contributed by atoms with Crippen LogP contribution in [0.1, 0.15) is 25.6 Å². The van der Waals surface area contributed by atoms with Gasteiger partial charge in [0.2, 0.25) is 0 Å². The van der Waals surface area contributed by atoms with Gasteiger partial charge in [-0.3, -0.25) is 4.99 Å². The van der Waals surface area contributed by atoms with E-state index in [2.05, 4.69) is 25.9 Å². The molecular weight excluding hydrogens is 337 g/mol. The van der Waals surface area contributed by atoms with Crippen LogP contribution in [0.25, 0.3) is 0 Å². The van der Waals surface area contributed by atoms with Gasteiger partial charge in [0.05, 0.1) is 5.75 Å². The fourth-order valence-electron chi connectivity index (χ4n) is 1.74. The molecular formula is C11H13BrFN3O2S. The minimum Gasteiger partial charge on any atom is -0.386 e. The van der Waals surface area contributed by atoms with Gasteiger partial charge in [0, 0.05) is 0 Å². The molecule has 2 N–H and O–H groups in total. The van der Waals surface area contributed by atoms with Crippen molar-refractivity contribution < 1.29 is 12.8 Å². The standard InChI is InChI=1S/C11H13BrFN3O2S/c1-11(2)10(14)15-7(5-19(11,17)18)9-6(13)3-4-8(12)16-9/h3-4,7H,5H2,1-2H3,(H2,14,15). The minimum atomic E-state index is -3.51. The molecule has 1 unspecified atom stereocenters. The Balaban J connectivity index is 2.55. The van der Waals surface area contributed by atoms with Gasteiger partial charge in [0.25, 0.3) is 0 Å². The van der Waals surface area contributed by atoms with Crippen molar-refractivity contribution in [2.75, 3.05) is 5.75 Å². The molecule has 8 heteroatoms. The van der Waals surface area contributed by atoms with Crippen LogP contribution < -0.4 is 5.73 Å². The van der Waals surface area contributed by atoms with Crippen LogP contribution in [0.4, 0.5) is 4.39 Å². The Bertz CT molecular complexity index is 658. The fourth-order valence-corrected chi connectivity index (χ4v) is 3.50. The second-order valence-electron chi connectivity index (χ2n) is 4.82. The van der Waals surface area contributed by atoms with Gasteiger partial charge in [-0.05, 0) is 41.9 Å². The Morgan fingerprint density at radius 1 is 1.47 bits per heavy atom. The molecule has 0 radical (unpaired) electrons. The Morgan fingerprint density at radius 2 is 2.11 bits per heavy atom. The number of nitrogens with two attached hydrogens (primary N) is 1. The average Bonchev–Trinajstić information content (AvgIpc) is 2.29. The Morgan fingerprint density at radius 3 is 2.68 bits per heavy atom. The van der Waals surface area contributed by atoms with Crippen LogP contribution in [-0.2, 0) is 9.84 Å². The van der Waals surface area contributed by atoms with Crippen LogP contribution in [0.15, 0.2) is 21.7 Å². The lowest BCUT2D eigenvalue weighted by Crippen LogP contribution is -2.50. The van der Waals surface area contributed by atoms with Crippen molar-refractivity contribution in [3.8, 4) is 0 Å².